The lowest BCUT2D eigenvalue weighted by Crippen LogP contribution is -2.50. The normalized spacial score (nSPS) is 21.4. The van der Waals surface area contributed by atoms with E-state index in [1.807, 2.05) is 30.6 Å². The third-order valence-electron chi connectivity index (χ3n) is 5.82. The zero-order valence-electron chi connectivity index (χ0n) is 19.0. The van der Waals surface area contributed by atoms with Crippen LogP contribution in [0.5, 0.6) is 5.75 Å². The van der Waals surface area contributed by atoms with E-state index in [0.29, 0.717) is 0 Å². The monoisotopic (exact) mass is 482 g/mol. The molecule has 0 saturated carbocycles. The summed E-state index contributed by atoms with van der Waals surface area (Å²) in [7, 11) is 1.71. The minimum absolute atomic E-state index is 0.139. The maximum atomic E-state index is 10.6. The molecule has 2 aliphatic rings. The van der Waals surface area contributed by atoms with Gasteiger partial charge in [-0.1, -0.05) is 12.1 Å². The number of piperidine rings is 1. The summed E-state index contributed by atoms with van der Waals surface area (Å²) in [5.41, 5.74) is 1.46. The molecular weight excluding hydrogens is 453 g/mol. The van der Waals surface area contributed by atoms with E-state index in [9.17, 15) is 13.2 Å². The first-order chi connectivity index (χ1) is 16.2. The first-order valence-electron chi connectivity index (χ1n) is 11.0. The minimum atomic E-state index is -5.08. The molecule has 4 rings (SSSR count). The van der Waals surface area contributed by atoms with Gasteiger partial charge in [-0.3, -0.25) is 4.90 Å². The number of halogens is 3. The average Bonchev–Trinajstić information content (AvgIpc) is 3.02. The van der Waals surface area contributed by atoms with Crippen molar-refractivity contribution >= 4 is 11.9 Å². The van der Waals surface area contributed by atoms with Crippen LogP contribution in [0.4, 0.5) is 19.1 Å². The highest BCUT2D eigenvalue weighted by molar-refractivity contribution is 5.73. The predicted octanol–water partition coefficient (Wildman–Crippen LogP) is 3.24. The molecule has 2 aromatic rings. The number of hydrogen-bond acceptors (Lipinski definition) is 7. The second kappa shape index (κ2) is 11.5. The van der Waals surface area contributed by atoms with Gasteiger partial charge in [0.05, 0.1) is 20.3 Å². The molecule has 0 amide bonds. The SMILES string of the molecule is COc1ccc(CN2CCCC3(COCCN(c4ncccn4)C3)C2)cc1.O=C(O)C(F)(F)F. The van der Waals surface area contributed by atoms with Gasteiger partial charge in [-0.05, 0) is 43.1 Å². The van der Waals surface area contributed by atoms with E-state index >= 15 is 0 Å². The summed E-state index contributed by atoms with van der Waals surface area (Å²) in [6.45, 7) is 6.50. The van der Waals surface area contributed by atoms with Crippen LogP contribution in [-0.2, 0) is 16.1 Å². The van der Waals surface area contributed by atoms with Crippen molar-refractivity contribution in [3.8, 4) is 5.75 Å². The van der Waals surface area contributed by atoms with E-state index in [1.54, 1.807) is 7.11 Å². The Morgan fingerprint density at radius 3 is 2.47 bits per heavy atom. The quantitative estimate of drug-likeness (QED) is 0.711. The molecule has 1 spiro atoms. The molecule has 34 heavy (non-hydrogen) atoms. The van der Waals surface area contributed by atoms with Crippen LogP contribution in [0.2, 0.25) is 0 Å². The van der Waals surface area contributed by atoms with E-state index in [1.165, 1.54) is 18.4 Å². The fourth-order valence-corrected chi connectivity index (χ4v) is 4.30. The number of ether oxygens (including phenoxy) is 2. The number of likely N-dealkylation sites (tertiary alicyclic amines) is 1. The molecule has 3 heterocycles. The van der Waals surface area contributed by atoms with Gasteiger partial charge in [-0.25, -0.2) is 14.8 Å². The standard InChI is InChI=1S/C21H28N4O2.C2HF3O2/c1-26-19-6-4-18(5-7-19)14-24-11-2-8-21(15-24)16-25(12-13-27-17-21)20-22-9-3-10-23-20;3-2(4,5)1(6)7/h3-7,9-10H,2,8,11-17H2,1H3;(H,6,7). The van der Waals surface area contributed by atoms with Crippen LogP contribution >= 0.6 is 0 Å². The second-order valence-corrected chi connectivity index (χ2v) is 8.49. The number of benzene rings is 1. The number of carboxylic acid groups (broad SMARTS) is 1. The Bertz CT molecular complexity index is 915. The number of nitrogens with zero attached hydrogens (tertiary/aromatic N) is 4. The van der Waals surface area contributed by atoms with E-state index in [-0.39, 0.29) is 5.41 Å². The average molecular weight is 483 g/mol. The van der Waals surface area contributed by atoms with Gasteiger partial charge >= 0.3 is 12.1 Å². The number of hydrogen-bond donors (Lipinski definition) is 1. The Kier molecular flexibility index (Phi) is 8.67. The van der Waals surface area contributed by atoms with Gasteiger partial charge < -0.3 is 19.5 Å². The zero-order chi connectivity index (χ0) is 24.6. The van der Waals surface area contributed by atoms with Gasteiger partial charge in [-0.2, -0.15) is 13.2 Å². The van der Waals surface area contributed by atoms with Crippen molar-refractivity contribution < 1.29 is 32.5 Å². The number of methoxy groups -OCH3 is 1. The van der Waals surface area contributed by atoms with Gasteiger partial charge in [0.2, 0.25) is 5.95 Å². The molecule has 0 bridgehead atoms. The maximum absolute atomic E-state index is 10.6. The van der Waals surface area contributed by atoms with Crippen molar-refractivity contribution in [1.82, 2.24) is 14.9 Å². The molecular formula is C23H29F3N4O4. The molecule has 1 unspecified atom stereocenters. The first kappa shape index (κ1) is 25.7. The first-order valence-corrected chi connectivity index (χ1v) is 11.0. The largest absolute Gasteiger partial charge is 0.497 e. The summed E-state index contributed by atoms with van der Waals surface area (Å²) in [5, 5.41) is 7.12. The van der Waals surface area contributed by atoms with Gasteiger partial charge in [0.1, 0.15) is 5.75 Å². The Balaban J connectivity index is 0.000000406. The lowest BCUT2D eigenvalue weighted by molar-refractivity contribution is -0.192. The molecule has 0 radical (unpaired) electrons. The fourth-order valence-electron chi connectivity index (χ4n) is 4.30. The van der Waals surface area contributed by atoms with Crippen LogP contribution in [0.15, 0.2) is 42.7 Å². The highest BCUT2D eigenvalue weighted by atomic mass is 19.4. The summed E-state index contributed by atoms with van der Waals surface area (Å²) >= 11 is 0. The van der Waals surface area contributed by atoms with Gasteiger partial charge in [0, 0.05) is 44.0 Å². The van der Waals surface area contributed by atoms with Crippen LogP contribution in [0.3, 0.4) is 0 Å². The van der Waals surface area contributed by atoms with Gasteiger partial charge in [0.15, 0.2) is 0 Å². The van der Waals surface area contributed by atoms with E-state index in [0.717, 1.165) is 57.6 Å². The van der Waals surface area contributed by atoms with Crippen molar-refractivity contribution in [1.29, 1.82) is 0 Å². The third-order valence-corrected chi connectivity index (χ3v) is 5.82. The van der Waals surface area contributed by atoms with Crippen LogP contribution < -0.4 is 9.64 Å². The van der Waals surface area contributed by atoms with E-state index < -0.39 is 12.1 Å². The Morgan fingerprint density at radius 1 is 1.18 bits per heavy atom. The molecule has 8 nitrogen and oxygen atoms in total. The topological polar surface area (TPSA) is 88.0 Å². The molecule has 1 atom stereocenters. The number of carboxylic acids is 1. The van der Waals surface area contributed by atoms with Crippen molar-refractivity contribution in [3.05, 3.63) is 48.3 Å². The summed E-state index contributed by atoms with van der Waals surface area (Å²) < 4.78 is 43.0. The Labute approximate surface area is 196 Å². The third kappa shape index (κ3) is 7.29. The molecule has 0 aliphatic carbocycles. The number of aromatic nitrogens is 2. The number of aliphatic carboxylic acids is 1. The zero-order valence-corrected chi connectivity index (χ0v) is 19.0. The Morgan fingerprint density at radius 2 is 1.85 bits per heavy atom. The van der Waals surface area contributed by atoms with E-state index in [4.69, 9.17) is 19.4 Å². The van der Waals surface area contributed by atoms with E-state index in [2.05, 4.69) is 31.9 Å². The molecule has 2 fully saturated rings. The van der Waals surface area contributed by atoms with Gasteiger partial charge in [-0.15, -0.1) is 0 Å². The summed E-state index contributed by atoms with van der Waals surface area (Å²) in [6, 6.07) is 10.3. The number of carbonyl (C=O) groups is 1. The smallest absolute Gasteiger partial charge is 0.490 e. The molecule has 2 saturated heterocycles. The van der Waals surface area contributed by atoms with Crippen molar-refractivity contribution in [2.24, 2.45) is 5.41 Å². The lowest BCUT2D eigenvalue weighted by atomic mass is 9.80. The van der Waals surface area contributed by atoms with Crippen LogP contribution in [0.25, 0.3) is 0 Å². The second-order valence-electron chi connectivity index (χ2n) is 8.49. The van der Waals surface area contributed by atoms with Crippen molar-refractivity contribution in [3.63, 3.8) is 0 Å². The molecule has 1 N–H and O–H groups in total. The molecule has 11 heteroatoms. The minimum Gasteiger partial charge on any atom is -0.497 e. The number of alkyl halides is 3. The highest BCUT2D eigenvalue weighted by Gasteiger charge is 2.39. The maximum Gasteiger partial charge on any atom is 0.490 e. The van der Waals surface area contributed by atoms with Crippen LogP contribution in [0.1, 0.15) is 18.4 Å². The summed E-state index contributed by atoms with van der Waals surface area (Å²) in [5.74, 6) is -1.04. The van der Waals surface area contributed by atoms with Crippen molar-refractivity contribution in [2.75, 3.05) is 51.4 Å². The molecule has 1 aromatic heterocycles. The Hall–Kier alpha value is -2.92. The fraction of sp³-hybridized carbons (Fsp3) is 0.522. The van der Waals surface area contributed by atoms with Crippen LogP contribution in [-0.4, -0.2) is 78.6 Å². The van der Waals surface area contributed by atoms with Crippen LogP contribution in [0, 0.1) is 5.41 Å². The lowest BCUT2D eigenvalue weighted by Gasteiger charge is -2.43. The predicted molar refractivity (Wildman–Crippen MR) is 119 cm³/mol. The summed E-state index contributed by atoms with van der Waals surface area (Å²) in [4.78, 5) is 22.7. The number of rotatable bonds is 4. The van der Waals surface area contributed by atoms with Crippen molar-refractivity contribution in [2.45, 2.75) is 25.6 Å². The molecule has 186 valence electrons. The molecule has 2 aliphatic heterocycles. The van der Waals surface area contributed by atoms with Gasteiger partial charge in [0.25, 0.3) is 0 Å². The molecule has 1 aromatic carbocycles. The highest BCUT2D eigenvalue weighted by Crippen LogP contribution is 2.34. The number of anilines is 1. The summed E-state index contributed by atoms with van der Waals surface area (Å²) in [6.07, 6.45) is 0.938.